The van der Waals surface area contributed by atoms with E-state index in [1.165, 1.54) is 0 Å². The van der Waals surface area contributed by atoms with Crippen molar-refractivity contribution < 1.29 is 4.79 Å². The number of nitriles is 1. The molecule has 9 heteroatoms. The Morgan fingerprint density at radius 2 is 2.03 bits per heavy atom. The third-order valence-electron chi connectivity index (χ3n) is 7.13. The van der Waals surface area contributed by atoms with Gasteiger partial charge in [0.2, 0.25) is 5.78 Å². The fourth-order valence-electron chi connectivity index (χ4n) is 5.09. The van der Waals surface area contributed by atoms with Gasteiger partial charge in [-0.15, -0.1) is 0 Å². The Bertz CT molecular complexity index is 1500. The average Bonchev–Trinajstić information content (AvgIpc) is 3.46. The highest BCUT2D eigenvalue weighted by Gasteiger charge is 2.39. The number of nitrogens with zero attached hydrogens (tertiary/aromatic N) is 6. The Kier molecular flexibility index (Phi) is 4.54. The summed E-state index contributed by atoms with van der Waals surface area (Å²) in [6.07, 6.45) is 0. The van der Waals surface area contributed by atoms with Crippen LogP contribution in [0.5, 0.6) is 0 Å². The number of hydrogen-bond acceptors (Lipinski definition) is 7. The van der Waals surface area contributed by atoms with E-state index in [9.17, 15) is 10.1 Å². The van der Waals surface area contributed by atoms with Gasteiger partial charge >= 0.3 is 0 Å². The van der Waals surface area contributed by atoms with Crippen LogP contribution in [0.1, 0.15) is 33.1 Å². The zero-order chi connectivity index (χ0) is 23.6. The van der Waals surface area contributed by atoms with Crippen LogP contribution in [-0.4, -0.2) is 56.2 Å². The summed E-state index contributed by atoms with van der Waals surface area (Å²) < 4.78 is 1.78. The van der Waals surface area contributed by atoms with Gasteiger partial charge in [0.05, 0.1) is 22.8 Å². The third kappa shape index (κ3) is 3.10. The largest absolute Gasteiger partial charge is 0.355 e. The Morgan fingerprint density at radius 3 is 2.68 bits per heavy atom. The number of aryl methyl sites for hydroxylation is 2. The molecule has 0 bridgehead atoms. The number of imidazole rings is 1. The number of H-pyrrole nitrogens is 1. The van der Waals surface area contributed by atoms with E-state index in [2.05, 4.69) is 31.4 Å². The second kappa shape index (κ2) is 7.50. The van der Waals surface area contributed by atoms with Crippen molar-refractivity contribution in [3.05, 3.63) is 58.7 Å². The number of aromatic nitrogens is 5. The molecule has 2 unspecified atom stereocenters. The summed E-state index contributed by atoms with van der Waals surface area (Å²) in [4.78, 5) is 28.0. The van der Waals surface area contributed by atoms with Crippen LogP contribution in [-0.2, 0) is 7.05 Å². The van der Waals surface area contributed by atoms with Gasteiger partial charge in [-0.05, 0) is 44.2 Å². The van der Waals surface area contributed by atoms with Gasteiger partial charge in [-0.1, -0.05) is 0 Å². The number of carbonyl (C=O) groups excluding carboxylic acids is 1. The normalized spacial score (nSPS) is 19.2. The van der Waals surface area contributed by atoms with Gasteiger partial charge in [-0.25, -0.2) is 9.97 Å². The summed E-state index contributed by atoms with van der Waals surface area (Å²) in [7, 11) is 1.87. The lowest BCUT2D eigenvalue weighted by atomic mass is 9.95. The van der Waals surface area contributed by atoms with Crippen LogP contribution >= 0.6 is 0 Å². The summed E-state index contributed by atoms with van der Waals surface area (Å²) in [6, 6.07) is 11.8. The molecule has 2 atom stereocenters. The first-order valence-electron chi connectivity index (χ1n) is 11.4. The summed E-state index contributed by atoms with van der Waals surface area (Å²) in [6.45, 7) is 6.86. The van der Waals surface area contributed by atoms with Crippen LogP contribution in [0.4, 0.5) is 5.82 Å². The van der Waals surface area contributed by atoms with E-state index in [-0.39, 0.29) is 11.6 Å². The smallest absolute Gasteiger partial charge is 0.228 e. The van der Waals surface area contributed by atoms with Crippen molar-refractivity contribution in [2.24, 2.45) is 13.0 Å². The summed E-state index contributed by atoms with van der Waals surface area (Å²) in [5.74, 6) is 1.56. The predicted octanol–water partition coefficient (Wildman–Crippen LogP) is 2.49. The van der Waals surface area contributed by atoms with Crippen molar-refractivity contribution in [2.45, 2.75) is 19.9 Å². The second-order valence-corrected chi connectivity index (χ2v) is 9.18. The molecule has 0 aliphatic carbocycles. The Hall–Kier alpha value is -4.03. The molecule has 2 fully saturated rings. The van der Waals surface area contributed by atoms with Gasteiger partial charge in [-0.2, -0.15) is 10.4 Å². The van der Waals surface area contributed by atoms with Gasteiger partial charge in [0.1, 0.15) is 5.82 Å². The molecular weight excluding hydrogens is 428 g/mol. The molecule has 0 spiro atoms. The first-order chi connectivity index (χ1) is 16.4. The number of hydrogen-bond donors (Lipinski definition) is 2. The third-order valence-corrected chi connectivity index (χ3v) is 7.13. The topological polar surface area (TPSA) is 116 Å². The Labute approximate surface area is 196 Å². The number of ketones is 1. The van der Waals surface area contributed by atoms with Crippen LogP contribution < -0.4 is 10.2 Å². The molecule has 5 heterocycles. The molecule has 0 saturated carbocycles. The molecular formula is C25H24N8O. The number of rotatable bonds is 4. The van der Waals surface area contributed by atoms with Gasteiger partial charge in [0.15, 0.2) is 11.5 Å². The highest BCUT2D eigenvalue weighted by atomic mass is 16.1. The molecule has 34 heavy (non-hydrogen) atoms. The molecule has 3 aromatic heterocycles. The van der Waals surface area contributed by atoms with Gasteiger partial charge in [-0.3, -0.25) is 9.48 Å². The van der Waals surface area contributed by atoms with E-state index in [0.717, 1.165) is 47.9 Å². The van der Waals surface area contributed by atoms with Crippen LogP contribution in [0.2, 0.25) is 0 Å². The first-order valence-corrected chi connectivity index (χ1v) is 11.4. The minimum Gasteiger partial charge on any atom is -0.355 e. The number of anilines is 1. The van der Waals surface area contributed by atoms with E-state index < -0.39 is 0 Å². The highest BCUT2D eigenvalue weighted by Crippen LogP contribution is 2.31. The molecule has 4 aromatic rings. The maximum atomic E-state index is 13.4. The van der Waals surface area contributed by atoms with E-state index >= 15 is 0 Å². The molecule has 0 radical (unpaired) electrons. The van der Waals surface area contributed by atoms with Crippen molar-refractivity contribution >= 4 is 22.8 Å². The summed E-state index contributed by atoms with van der Waals surface area (Å²) in [5, 5.41) is 17.6. The van der Waals surface area contributed by atoms with Gasteiger partial charge < -0.3 is 15.2 Å². The summed E-state index contributed by atoms with van der Waals surface area (Å²) in [5.41, 5.74) is 5.53. The quantitative estimate of drug-likeness (QED) is 0.457. The molecule has 1 aromatic carbocycles. The number of fused-ring (bicyclic) bond motifs is 2. The standard InChI is InChI=1S/C25H24N8O/c1-13-22(14(2)32(3)31-13)18-8-15(4-5-16(18)9-26)23(34)25-28-19-6-7-21(29-24(19)30-25)33-11-17-10-27-20(17)12-33/h4-8,17,20,27H,10-12H2,1-3H3,(H,28,29,30). The number of nitrogens with one attached hydrogen (secondary N) is 2. The molecule has 9 nitrogen and oxygen atoms in total. The zero-order valence-electron chi connectivity index (χ0n) is 19.3. The minimum absolute atomic E-state index is 0.234. The van der Waals surface area contributed by atoms with Crippen LogP contribution in [0.3, 0.4) is 0 Å². The maximum absolute atomic E-state index is 13.4. The number of aromatic amines is 1. The van der Waals surface area contributed by atoms with Crippen molar-refractivity contribution in [1.29, 1.82) is 5.26 Å². The average molecular weight is 453 g/mol. The van der Waals surface area contributed by atoms with Crippen LogP contribution in [0.15, 0.2) is 30.3 Å². The minimum atomic E-state index is -0.243. The number of benzene rings is 1. The zero-order valence-corrected chi connectivity index (χ0v) is 19.3. The molecule has 2 saturated heterocycles. The SMILES string of the molecule is Cc1nn(C)c(C)c1-c1cc(C(=O)c2nc3nc(N4CC5CNC5C4)ccc3[nH]2)ccc1C#N. The van der Waals surface area contributed by atoms with E-state index in [0.29, 0.717) is 34.3 Å². The fraction of sp³-hybridized carbons (Fsp3) is 0.320. The van der Waals surface area contributed by atoms with Crippen LogP contribution in [0.25, 0.3) is 22.3 Å². The Balaban J connectivity index is 1.35. The van der Waals surface area contributed by atoms with Gasteiger partial charge in [0.25, 0.3) is 0 Å². The number of carbonyl (C=O) groups is 1. The van der Waals surface area contributed by atoms with Crippen molar-refractivity contribution in [3.8, 4) is 17.2 Å². The molecule has 2 aliphatic heterocycles. The molecule has 2 aliphatic rings. The van der Waals surface area contributed by atoms with Crippen molar-refractivity contribution in [1.82, 2.24) is 30.0 Å². The molecule has 0 amide bonds. The second-order valence-electron chi connectivity index (χ2n) is 9.18. The predicted molar refractivity (Wildman–Crippen MR) is 128 cm³/mol. The van der Waals surface area contributed by atoms with Crippen molar-refractivity contribution in [3.63, 3.8) is 0 Å². The lowest BCUT2D eigenvalue weighted by Crippen LogP contribution is -2.51. The monoisotopic (exact) mass is 452 g/mol. The van der Waals surface area contributed by atoms with E-state index in [1.54, 1.807) is 22.9 Å². The molecule has 2 N–H and O–H groups in total. The number of pyridine rings is 1. The fourth-order valence-corrected chi connectivity index (χ4v) is 5.09. The van der Waals surface area contributed by atoms with Crippen LogP contribution in [0, 0.1) is 31.1 Å². The molecule has 6 rings (SSSR count). The summed E-state index contributed by atoms with van der Waals surface area (Å²) >= 11 is 0. The first kappa shape index (κ1) is 20.6. The van der Waals surface area contributed by atoms with Gasteiger partial charge in [0, 0.05) is 61.0 Å². The van der Waals surface area contributed by atoms with E-state index in [4.69, 9.17) is 4.98 Å². The van der Waals surface area contributed by atoms with Crippen molar-refractivity contribution in [2.75, 3.05) is 24.5 Å². The lowest BCUT2D eigenvalue weighted by Gasteiger charge is -2.29. The highest BCUT2D eigenvalue weighted by molar-refractivity contribution is 6.08. The maximum Gasteiger partial charge on any atom is 0.228 e. The molecule has 170 valence electrons. The Morgan fingerprint density at radius 1 is 1.18 bits per heavy atom. The van der Waals surface area contributed by atoms with E-state index in [1.807, 2.05) is 33.0 Å². The lowest BCUT2D eigenvalue weighted by molar-refractivity contribution is 0.103.